The molecular weight excluding hydrogens is 417 g/mol. The van der Waals surface area contributed by atoms with Crippen LogP contribution in [0.5, 0.6) is 0 Å². The van der Waals surface area contributed by atoms with E-state index in [-0.39, 0.29) is 11.7 Å². The second kappa shape index (κ2) is 8.35. The molecule has 5 aromatic rings. The van der Waals surface area contributed by atoms with Crippen molar-refractivity contribution >= 4 is 22.6 Å². The number of pyridine rings is 1. The van der Waals surface area contributed by atoms with Crippen LogP contribution in [0, 0.1) is 19.7 Å². The van der Waals surface area contributed by atoms with Crippen LogP contribution in [0.1, 0.15) is 27.2 Å². The number of hydrogen-bond acceptors (Lipinski definition) is 3. The van der Waals surface area contributed by atoms with Gasteiger partial charge in [0.25, 0.3) is 5.91 Å². The predicted molar refractivity (Wildman–Crippen MR) is 126 cm³/mol. The Kier molecular flexibility index (Phi) is 5.22. The minimum atomic E-state index is -0.344. The fourth-order valence-corrected chi connectivity index (χ4v) is 3.93. The molecule has 0 fully saturated rings. The zero-order chi connectivity index (χ0) is 22.9. The van der Waals surface area contributed by atoms with E-state index in [0.29, 0.717) is 17.8 Å². The van der Waals surface area contributed by atoms with Crippen LogP contribution in [0.3, 0.4) is 0 Å². The molecule has 0 spiro atoms. The highest BCUT2D eigenvalue weighted by Gasteiger charge is 2.16. The molecule has 5 rings (SSSR count). The summed E-state index contributed by atoms with van der Waals surface area (Å²) in [6.07, 6.45) is 3.94. The van der Waals surface area contributed by atoms with E-state index in [2.05, 4.69) is 18.3 Å². The highest BCUT2D eigenvalue weighted by Crippen LogP contribution is 2.26. The molecule has 0 bridgehead atoms. The number of hydrogen-bond donors (Lipinski definition) is 1. The van der Waals surface area contributed by atoms with E-state index in [9.17, 15) is 9.18 Å². The largest absolute Gasteiger partial charge is 0.322 e. The normalized spacial score (nSPS) is 11.1. The number of benzene rings is 2. The van der Waals surface area contributed by atoms with Gasteiger partial charge >= 0.3 is 0 Å². The minimum Gasteiger partial charge on any atom is -0.322 e. The molecule has 7 heteroatoms. The molecule has 1 N–H and O–H groups in total. The van der Waals surface area contributed by atoms with E-state index in [1.165, 1.54) is 24.3 Å². The third-order valence-corrected chi connectivity index (χ3v) is 5.51. The summed E-state index contributed by atoms with van der Waals surface area (Å²) in [4.78, 5) is 17.3. The molecule has 3 heterocycles. The fraction of sp³-hybridized carbons (Fsp3) is 0.115. The van der Waals surface area contributed by atoms with Crippen LogP contribution in [-0.2, 0) is 6.54 Å². The number of amides is 1. The topological polar surface area (TPSA) is 64.7 Å². The number of nitrogens with one attached hydrogen (secondary N) is 1. The second-order valence-electron chi connectivity index (χ2n) is 8.01. The Bertz CT molecular complexity index is 1440. The van der Waals surface area contributed by atoms with Crippen molar-refractivity contribution in [1.82, 2.24) is 19.3 Å². The molecule has 33 heavy (non-hydrogen) atoms. The Balaban J connectivity index is 1.42. The molecule has 2 aromatic carbocycles. The summed E-state index contributed by atoms with van der Waals surface area (Å²) in [5.41, 5.74) is 4.95. The van der Waals surface area contributed by atoms with Gasteiger partial charge in [-0.25, -0.2) is 14.1 Å². The van der Waals surface area contributed by atoms with Crippen molar-refractivity contribution in [3.63, 3.8) is 0 Å². The number of aromatic nitrogens is 4. The van der Waals surface area contributed by atoms with E-state index in [4.69, 9.17) is 10.1 Å². The molecule has 0 atom stereocenters. The van der Waals surface area contributed by atoms with Crippen LogP contribution in [0.4, 0.5) is 10.1 Å². The van der Waals surface area contributed by atoms with Gasteiger partial charge in [-0.05, 0) is 79.6 Å². The molecule has 0 unspecified atom stereocenters. The van der Waals surface area contributed by atoms with Crippen molar-refractivity contribution in [1.29, 1.82) is 0 Å². The Labute approximate surface area is 190 Å². The number of carbonyl (C=O) groups is 1. The van der Waals surface area contributed by atoms with Gasteiger partial charge < -0.3 is 9.88 Å². The van der Waals surface area contributed by atoms with E-state index in [1.54, 1.807) is 12.1 Å². The van der Waals surface area contributed by atoms with Gasteiger partial charge in [-0.2, -0.15) is 5.10 Å². The SMILES string of the molecule is Cc1cc(C)c2c(-n3cccc3)nn(Cc3ccc(C(=O)Nc4ccc(F)cc4)cc3)c2n1. The summed E-state index contributed by atoms with van der Waals surface area (Å²) in [6.45, 7) is 4.58. The highest BCUT2D eigenvalue weighted by molar-refractivity contribution is 6.04. The summed E-state index contributed by atoms with van der Waals surface area (Å²) in [5, 5.41) is 8.65. The smallest absolute Gasteiger partial charge is 0.255 e. The molecule has 0 saturated heterocycles. The first kappa shape index (κ1) is 20.6. The lowest BCUT2D eigenvalue weighted by molar-refractivity contribution is 0.102. The minimum absolute atomic E-state index is 0.250. The number of halogens is 1. The van der Waals surface area contributed by atoms with E-state index in [1.807, 2.05) is 52.8 Å². The molecule has 0 radical (unpaired) electrons. The first-order valence-corrected chi connectivity index (χ1v) is 10.6. The molecule has 164 valence electrons. The van der Waals surface area contributed by atoms with E-state index < -0.39 is 0 Å². The molecular formula is C26H22FN5O. The zero-order valence-electron chi connectivity index (χ0n) is 18.3. The molecule has 1 amide bonds. The maximum Gasteiger partial charge on any atom is 0.255 e. The summed E-state index contributed by atoms with van der Waals surface area (Å²) >= 11 is 0. The molecule has 3 aromatic heterocycles. The number of nitrogens with zero attached hydrogens (tertiary/aromatic N) is 4. The Morgan fingerprint density at radius 3 is 2.39 bits per heavy atom. The quantitative estimate of drug-likeness (QED) is 0.405. The van der Waals surface area contributed by atoms with Crippen LogP contribution >= 0.6 is 0 Å². The molecule has 0 aliphatic rings. The second-order valence-corrected chi connectivity index (χ2v) is 8.01. The Hall–Kier alpha value is -4.26. The Morgan fingerprint density at radius 2 is 1.70 bits per heavy atom. The van der Waals surface area contributed by atoms with E-state index in [0.717, 1.165) is 33.7 Å². The number of aryl methyl sites for hydroxylation is 2. The summed E-state index contributed by atoms with van der Waals surface area (Å²) < 4.78 is 17.0. The van der Waals surface area contributed by atoms with Crippen molar-refractivity contribution in [2.24, 2.45) is 0 Å². The monoisotopic (exact) mass is 439 g/mol. The van der Waals surface area contributed by atoms with Gasteiger partial charge in [0.1, 0.15) is 5.82 Å². The van der Waals surface area contributed by atoms with Crippen molar-refractivity contribution in [3.05, 3.63) is 107 Å². The third-order valence-electron chi connectivity index (χ3n) is 5.51. The molecule has 0 aliphatic heterocycles. The lowest BCUT2D eigenvalue weighted by Gasteiger charge is -2.07. The molecule has 0 aliphatic carbocycles. The van der Waals surface area contributed by atoms with Gasteiger partial charge in [0.2, 0.25) is 0 Å². The summed E-state index contributed by atoms with van der Waals surface area (Å²) in [7, 11) is 0. The van der Waals surface area contributed by atoms with Crippen molar-refractivity contribution < 1.29 is 9.18 Å². The first-order valence-electron chi connectivity index (χ1n) is 10.6. The zero-order valence-corrected chi connectivity index (χ0v) is 18.3. The maximum absolute atomic E-state index is 13.1. The highest BCUT2D eigenvalue weighted by atomic mass is 19.1. The van der Waals surface area contributed by atoms with Crippen LogP contribution in [0.2, 0.25) is 0 Å². The van der Waals surface area contributed by atoms with Crippen LogP contribution in [0.15, 0.2) is 79.1 Å². The van der Waals surface area contributed by atoms with Gasteiger partial charge in [0, 0.05) is 29.3 Å². The molecule has 6 nitrogen and oxygen atoms in total. The number of carbonyl (C=O) groups excluding carboxylic acids is 1. The summed E-state index contributed by atoms with van der Waals surface area (Å²) in [5.74, 6) is 0.249. The Morgan fingerprint density at radius 1 is 1.00 bits per heavy atom. The number of anilines is 1. The van der Waals surface area contributed by atoms with Gasteiger partial charge in [-0.1, -0.05) is 12.1 Å². The van der Waals surface area contributed by atoms with Gasteiger partial charge in [-0.3, -0.25) is 4.79 Å². The number of rotatable bonds is 5. The van der Waals surface area contributed by atoms with Crippen LogP contribution in [0.25, 0.3) is 16.9 Å². The van der Waals surface area contributed by atoms with Gasteiger partial charge in [0.15, 0.2) is 11.5 Å². The lowest BCUT2D eigenvalue weighted by atomic mass is 10.1. The van der Waals surface area contributed by atoms with Gasteiger partial charge in [0.05, 0.1) is 11.9 Å². The van der Waals surface area contributed by atoms with Crippen molar-refractivity contribution in [2.75, 3.05) is 5.32 Å². The average molecular weight is 439 g/mol. The average Bonchev–Trinajstić information content (AvgIpc) is 3.44. The molecule has 0 saturated carbocycles. The van der Waals surface area contributed by atoms with E-state index >= 15 is 0 Å². The van der Waals surface area contributed by atoms with Crippen molar-refractivity contribution in [3.8, 4) is 5.82 Å². The van der Waals surface area contributed by atoms with Crippen molar-refractivity contribution in [2.45, 2.75) is 20.4 Å². The van der Waals surface area contributed by atoms with Crippen LogP contribution < -0.4 is 5.32 Å². The van der Waals surface area contributed by atoms with Gasteiger partial charge in [-0.15, -0.1) is 0 Å². The van der Waals surface area contributed by atoms with Crippen LogP contribution in [-0.4, -0.2) is 25.2 Å². The fourth-order valence-electron chi connectivity index (χ4n) is 3.93. The standard InChI is InChI=1S/C26H22FN5O/c1-17-15-18(2)28-24-23(17)25(31-13-3-4-14-31)30-32(24)16-19-5-7-20(8-6-19)26(33)29-22-11-9-21(27)10-12-22/h3-15H,16H2,1-2H3,(H,29,33). The summed E-state index contributed by atoms with van der Waals surface area (Å²) in [6, 6.07) is 19.1. The predicted octanol–water partition coefficient (Wildman–Crippen LogP) is 5.28. The lowest BCUT2D eigenvalue weighted by Crippen LogP contribution is -2.12. The first-order chi connectivity index (χ1) is 16.0. The maximum atomic E-state index is 13.1. The third kappa shape index (κ3) is 4.13. The number of fused-ring (bicyclic) bond motifs is 1.